The van der Waals surface area contributed by atoms with Crippen molar-refractivity contribution < 1.29 is 4.74 Å². The SMILES string of the molecule is COc1ccc(C(C)N(C)C)cc1Br. The van der Waals surface area contributed by atoms with Crippen molar-refractivity contribution in [2.24, 2.45) is 0 Å². The number of methoxy groups -OCH3 is 1. The molecular formula is C11H16BrNO. The fourth-order valence-electron chi connectivity index (χ4n) is 1.24. The molecule has 0 spiro atoms. The minimum atomic E-state index is 0.414. The van der Waals surface area contributed by atoms with Crippen LogP contribution in [0.25, 0.3) is 0 Å². The van der Waals surface area contributed by atoms with Crippen LogP contribution in [0.5, 0.6) is 5.75 Å². The highest BCUT2D eigenvalue weighted by molar-refractivity contribution is 9.10. The first-order valence-electron chi connectivity index (χ1n) is 4.56. The minimum Gasteiger partial charge on any atom is -0.496 e. The first kappa shape index (κ1) is 11.5. The van der Waals surface area contributed by atoms with Crippen LogP contribution in [0.3, 0.4) is 0 Å². The molecule has 1 rings (SSSR count). The molecule has 0 saturated carbocycles. The van der Waals surface area contributed by atoms with Crippen LogP contribution in [0.2, 0.25) is 0 Å². The minimum absolute atomic E-state index is 0.414. The molecule has 0 aliphatic rings. The Labute approximate surface area is 94.0 Å². The van der Waals surface area contributed by atoms with Crippen LogP contribution in [0, 0.1) is 0 Å². The fourth-order valence-corrected chi connectivity index (χ4v) is 1.80. The van der Waals surface area contributed by atoms with E-state index in [2.05, 4.69) is 54.0 Å². The van der Waals surface area contributed by atoms with Crippen molar-refractivity contribution in [2.45, 2.75) is 13.0 Å². The van der Waals surface area contributed by atoms with Crippen LogP contribution in [-0.4, -0.2) is 26.1 Å². The van der Waals surface area contributed by atoms with Crippen molar-refractivity contribution in [1.82, 2.24) is 4.90 Å². The van der Waals surface area contributed by atoms with E-state index in [1.54, 1.807) is 7.11 Å². The molecule has 2 nitrogen and oxygen atoms in total. The highest BCUT2D eigenvalue weighted by atomic mass is 79.9. The van der Waals surface area contributed by atoms with Crippen LogP contribution in [0.15, 0.2) is 22.7 Å². The number of benzene rings is 1. The van der Waals surface area contributed by atoms with Gasteiger partial charge in [-0.25, -0.2) is 0 Å². The predicted molar refractivity (Wildman–Crippen MR) is 62.8 cm³/mol. The lowest BCUT2D eigenvalue weighted by Gasteiger charge is -2.20. The summed E-state index contributed by atoms with van der Waals surface area (Å²) in [5.41, 5.74) is 1.28. The van der Waals surface area contributed by atoms with Gasteiger partial charge < -0.3 is 9.64 Å². The van der Waals surface area contributed by atoms with Gasteiger partial charge in [-0.05, 0) is 54.6 Å². The molecule has 0 N–H and O–H groups in total. The van der Waals surface area contributed by atoms with Gasteiger partial charge in [0, 0.05) is 6.04 Å². The van der Waals surface area contributed by atoms with E-state index in [4.69, 9.17) is 4.74 Å². The van der Waals surface area contributed by atoms with Gasteiger partial charge in [0.1, 0.15) is 5.75 Å². The Kier molecular flexibility index (Phi) is 3.96. The van der Waals surface area contributed by atoms with Crippen molar-refractivity contribution in [2.75, 3.05) is 21.2 Å². The number of hydrogen-bond donors (Lipinski definition) is 0. The first-order valence-corrected chi connectivity index (χ1v) is 5.35. The Hall–Kier alpha value is -0.540. The van der Waals surface area contributed by atoms with Crippen molar-refractivity contribution >= 4 is 15.9 Å². The Morgan fingerprint density at radius 3 is 2.43 bits per heavy atom. The molecule has 1 aromatic rings. The Bertz CT molecular complexity index is 312. The zero-order valence-electron chi connectivity index (χ0n) is 9.04. The molecule has 3 heteroatoms. The van der Waals surface area contributed by atoms with Crippen molar-refractivity contribution in [3.63, 3.8) is 0 Å². The molecule has 0 fully saturated rings. The molecule has 78 valence electrons. The standard InChI is InChI=1S/C11H16BrNO/c1-8(13(2)3)9-5-6-11(14-4)10(12)7-9/h5-8H,1-4H3. The highest BCUT2D eigenvalue weighted by Crippen LogP contribution is 2.29. The zero-order valence-corrected chi connectivity index (χ0v) is 10.6. The maximum absolute atomic E-state index is 5.18. The summed E-state index contributed by atoms with van der Waals surface area (Å²) in [6.07, 6.45) is 0. The van der Waals surface area contributed by atoms with Crippen LogP contribution < -0.4 is 4.74 Å². The molecule has 0 bridgehead atoms. The van der Waals surface area contributed by atoms with Gasteiger partial charge >= 0.3 is 0 Å². The van der Waals surface area contributed by atoms with Gasteiger partial charge in [-0.15, -0.1) is 0 Å². The highest BCUT2D eigenvalue weighted by Gasteiger charge is 2.09. The van der Waals surface area contributed by atoms with E-state index in [9.17, 15) is 0 Å². The molecule has 1 atom stereocenters. The summed E-state index contributed by atoms with van der Waals surface area (Å²) in [7, 11) is 5.82. The van der Waals surface area contributed by atoms with E-state index in [1.165, 1.54) is 5.56 Å². The van der Waals surface area contributed by atoms with Gasteiger partial charge in [-0.3, -0.25) is 0 Å². The second-order valence-corrected chi connectivity index (χ2v) is 4.39. The number of halogens is 1. The van der Waals surface area contributed by atoms with Gasteiger partial charge in [-0.1, -0.05) is 6.07 Å². The lowest BCUT2D eigenvalue weighted by atomic mass is 10.1. The van der Waals surface area contributed by atoms with Gasteiger partial charge in [0.15, 0.2) is 0 Å². The molecule has 1 unspecified atom stereocenters. The lowest BCUT2D eigenvalue weighted by molar-refractivity contribution is 0.320. The lowest BCUT2D eigenvalue weighted by Crippen LogP contribution is -2.16. The molecule has 1 aromatic carbocycles. The van der Waals surface area contributed by atoms with E-state index < -0.39 is 0 Å². The average Bonchev–Trinajstić information content (AvgIpc) is 2.16. The topological polar surface area (TPSA) is 12.5 Å². The number of nitrogens with zero attached hydrogens (tertiary/aromatic N) is 1. The third kappa shape index (κ3) is 2.49. The molecule has 0 saturated heterocycles. The van der Waals surface area contributed by atoms with Gasteiger partial charge in [0.2, 0.25) is 0 Å². The van der Waals surface area contributed by atoms with Crippen molar-refractivity contribution in [3.05, 3.63) is 28.2 Å². The van der Waals surface area contributed by atoms with Crippen molar-refractivity contribution in [3.8, 4) is 5.75 Å². The molecule has 0 heterocycles. The van der Waals surface area contributed by atoms with E-state index in [-0.39, 0.29) is 0 Å². The monoisotopic (exact) mass is 257 g/mol. The maximum Gasteiger partial charge on any atom is 0.133 e. The first-order chi connectivity index (χ1) is 6.56. The van der Waals surface area contributed by atoms with E-state index in [0.29, 0.717) is 6.04 Å². The largest absolute Gasteiger partial charge is 0.496 e. The molecule has 0 amide bonds. The van der Waals surface area contributed by atoms with Gasteiger partial charge in [0.05, 0.1) is 11.6 Å². The molecule has 0 aliphatic heterocycles. The fraction of sp³-hybridized carbons (Fsp3) is 0.455. The zero-order chi connectivity index (χ0) is 10.7. The van der Waals surface area contributed by atoms with Crippen molar-refractivity contribution in [1.29, 1.82) is 0 Å². The third-order valence-corrected chi connectivity index (χ3v) is 3.05. The Morgan fingerprint density at radius 2 is 2.00 bits per heavy atom. The van der Waals surface area contributed by atoms with Gasteiger partial charge in [0.25, 0.3) is 0 Å². The summed E-state index contributed by atoms with van der Waals surface area (Å²) in [6, 6.07) is 6.59. The number of ether oxygens (including phenoxy) is 1. The second kappa shape index (κ2) is 4.80. The molecular weight excluding hydrogens is 242 g/mol. The summed E-state index contributed by atoms with van der Waals surface area (Å²) in [4.78, 5) is 2.17. The quantitative estimate of drug-likeness (QED) is 0.826. The van der Waals surface area contributed by atoms with E-state index in [0.717, 1.165) is 10.2 Å². The smallest absolute Gasteiger partial charge is 0.133 e. The predicted octanol–water partition coefficient (Wildman–Crippen LogP) is 3.08. The van der Waals surface area contributed by atoms with E-state index >= 15 is 0 Å². The summed E-state index contributed by atoms with van der Waals surface area (Å²) in [6.45, 7) is 2.17. The van der Waals surface area contributed by atoms with Gasteiger partial charge in [-0.2, -0.15) is 0 Å². The Morgan fingerprint density at radius 1 is 1.36 bits per heavy atom. The molecule has 0 aromatic heterocycles. The average molecular weight is 258 g/mol. The summed E-state index contributed by atoms with van der Waals surface area (Å²) < 4.78 is 6.19. The van der Waals surface area contributed by atoms with Crippen LogP contribution in [0.4, 0.5) is 0 Å². The third-order valence-electron chi connectivity index (χ3n) is 2.43. The summed E-state index contributed by atoms with van der Waals surface area (Å²) >= 11 is 3.48. The number of rotatable bonds is 3. The van der Waals surface area contributed by atoms with E-state index in [1.807, 2.05) is 6.07 Å². The maximum atomic E-state index is 5.18. The van der Waals surface area contributed by atoms with Crippen LogP contribution >= 0.6 is 15.9 Å². The van der Waals surface area contributed by atoms with Crippen LogP contribution in [-0.2, 0) is 0 Å². The number of hydrogen-bond acceptors (Lipinski definition) is 2. The second-order valence-electron chi connectivity index (χ2n) is 3.53. The summed E-state index contributed by atoms with van der Waals surface area (Å²) in [5.74, 6) is 0.875. The molecule has 0 radical (unpaired) electrons. The normalized spacial score (nSPS) is 13.0. The molecule has 14 heavy (non-hydrogen) atoms. The van der Waals surface area contributed by atoms with Crippen LogP contribution in [0.1, 0.15) is 18.5 Å². The molecule has 0 aliphatic carbocycles. The summed E-state index contributed by atoms with van der Waals surface area (Å²) in [5, 5.41) is 0. The Balaban J connectivity index is 2.96.